The lowest BCUT2D eigenvalue weighted by Gasteiger charge is -2.35. The van der Waals surface area contributed by atoms with Crippen LogP contribution in [0.3, 0.4) is 0 Å². The topological polar surface area (TPSA) is 35.5 Å². The van der Waals surface area contributed by atoms with Gasteiger partial charge in [-0.1, -0.05) is 20.8 Å². The van der Waals surface area contributed by atoms with Gasteiger partial charge in [0.15, 0.2) is 0 Å². The summed E-state index contributed by atoms with van der Waals surface area (Å²) in [5, 5.41) is 12.9. The molecule has 0 spiro atoms. The molecule has 0 aromatic rings. The number of rotatable bonds is 6. The molecule has 0 aliphatic carbocycles. The minimum atomic E-state index is 0.0834. The lowest BCUT2D eigenvalue weighted by atomic mass is 9.88. The maximum absolute atomic E-state index is 9.19. The lowest BCUT2D eigenvalue weighted by molar-refractivity contribution is 0.144. The van der Waals surface area contributed by atoms with Crippen LogP contribution in [0.15, 0.2) is 0 Å². The number of nitrogens with one attached hydrogen (secondary N) is 1. The Morgan fingerprint density at radius 2 is 2.12 bits per heavy atom. The van der Waals surface area contributed by atoms with Crippen molar-refractivity contribution in [1.82, 2.24) is 10.2 Å². The van der Waals surface area contributed by atoms with Crippen molar-refractivity contribution in [3.63, 3.8) is 0 Å². The summed E-state index contributed by atoms with van der Waals surface area (Å²) in [6.07, 6.45) is 3.52. The van der Waals surface area contributed by atoms with Crippen LogP contribution < -0.4 is 5.32 Å². The zero-order chi connectivity index (χ0) is 12.9. The largest absolute Gasteiger partial charge is 0.396 e. The van der Waals surface area contributed by atoms with Gasteiger partial charge in [0.1, 0.15) is 0 Å². The summed E-state index contributed by atoms with van der Waals surface area (Å²) in [6, 6.07) is 0.684. The van der Waals surface area contributed by atoms with E-state index in [0.29, 0.717) is 6.04 Å². The highest BCUT2D eigenvalue weighted by atomic mass is 16.3. The van der Waals surface area contributed by atoms with E-state index < -0.39 is 0 Å². The summed E-state index contributed by atoms with van der Waals surface area (Å²) >= 11 is 0. The molecule has 2 atom stereocenters. The fourth-order valence-corrected chi connectivity index (χ4v) is 2.59. The molecule has 1 fully saturated rings. The minimum absolute atomic E-state index is 0.0834. The zero-order valence-electron chi connectivity index (χ0n) is 12.0. The Balaban J connectivity index is 2.14. The van der Waals surface area contributed by atoms with Crippen molar-refractivity contribution in [2.75, 3.05) is 33.3 Å². The lowest BCUT2D eigenvalue weighted by Crippen LogP contribution is -2.47. The molecule has 1 aliphatic rings. The Hall–Kier alpha value is -0.120. The number of aliphatic hydroxyl groups is 1. The number of likely N-dealkylation sites (tertiary alicyclic amines) is 1. The fraction of sp³-hybridized carbons (Fsp3) is 1.00. The molecule has 102 valence electrons. The summed E-state index contributed by atoms with van der Waals surface area (Å²) in [7, 11) is 2.20. The van der Waals surface area contributed by atoms with Gasteiger partial charge in [0.25, 0.3) is 0 Å². The average Bonchev–Trinajstić information content (AvgIpc) is 2.27. The Morgan fingerprint density at radius 3 is 2.71 bits per heavy atom. The number of piperidine rings is 1. The van der Waals surface area contributed by atoms with Crippen LogP contribution in [0.4, 0.5) is 0 Å². The molecule has 0 saturated carbocycles. The molecular formula is C14H30N2O. The number of hydrogen-bond donors (Lipinski definition) is 2. The van der Waals surface area contributed by atoms with Gasteiger partial charge in [-0.15, -0.1) is 0 Å². The summed E-state index contributed by atoms with van der Waals surface area (Å²) in [6.45, 7) is 10.4. The fourth-order valence-electron chi connectivity index (χ4n) is 2.59. The van der Waals surface area contributed by atoms with E-state index in [2.05, 4.69) is 38.0 Å². The number of hydrogen-bond acceptors (Lipinski definition) is 3. The molecule has 0 radical (unpaired) electrons. The molecule has 1 rings (SSSR count). The van der Waals surface area contributed by atoms with Crippen molar-refractivity contribution < 1.29 is 5.11 Å². The molecule has 0 aromatic carbocycles. The Labute approximate surface area is 107 Å². The van der Waals surface area contributed by atoms with Crippen molar-refractivity contribution in [2.24, 2.45) is 11.3 Å². The van der Waals surface area contributed by atoms with Crippen LogP contribution in [0.2, 0.25) is 0 Å². The molecule has 0 bridgehead atoms. The van der Waals surface area contributed by atoms with E-state index in [1.807, 2.05) is 0 Å². The second kappa shape index (κ2) is 6.72. The van der Waals surface area contributed by atoms with Crippen molar-refractivity contribution >= 4 is 0 Å². The number of nitrogens with zero attached hydrogens (tertiary/aromatic N) is 1. The third-order valence-corrected chi connectivity index (χ3v) is 3.97. The van der Waals surface area contributed by atoms with Crippen LogP contribution in [-0.2, 0) is 0 Å². The minimum Gasteiger partial charge on any atom is -0.396 e. The van der Waals surface area contributed by atoms with E-state index >= 15 is 0 Å². The first-order valence-electron chi connectivity index (χ1n) is 6.97. The van der Waals surface area contributed by atoms with Crippen molar-refractivity contribution in [3.8, 4) is 0 Å². The van der Waals surface area contributed by atoms with E-state index in [-0.39, 0.29) is 12.0 Å². The first-order chi connectivity index (χ1) is 7.94. The summed E-state index contributed by atoms with van der Waals surface area (Å²) in [4.78, 5) is 2.41. The van der Waals surface area contributed by atoms with Crippen LogP contribution in [0.5, 0.6) is 0 Å². The maximum atomic E-state index is 9.19. The van der Waals surface area contributed by atoms with Gasteiger partial charge in [-0.25, -0.2) is 0 Å². The van der Waals surface area contributed by atoms with Gasteiger partial charge in [-0.05, 0) is 50.7 Å². The molecule has 0 amide bonds. The zero-order valence-corrected chi connectivity index (χ0v) is 12.0. The van der Waals surface area contributed by atoms with Gasteiger partial charge in [-0.3, -0.25) is 0 Å². The van der Waals surface area contributed by atoms with E-state index in [0.717, 1.165) is 25.3 Å². The van der Waals surface area contributed by atoms with Crippen molar-refractivity contribution in [3.05, 3.63) is 0 Å². The molecule has 1 saturated heterocycles. The van der Waals surface area contributed by atoms with Gasteiger partial charge in [0, 0.05) is 19.2 Å². The van der Waals surface area contributed by atoms with Crippen LogP contribution in [0.25, 0.3) is 0 Å². The monoisotopic (exact) mass is 242 g/mol. The maximum Gasteiger partial charge on any atom is 0.0482 e. The Bertz CT molecular complexity index is 218. The third-order valence-electron chi connectivity index (χ3n) is 3.97. The Morgan fingerprint density at radius 1 is 1.41 bits per heavy atom. The Kier molecular flexibility index (Phi) is 5.90. The van der Waals surface area contributed by atoms with Crippen molar-refractivity contribution in [2.45, 2.75) is 46.1 Å². The molecule has 0 aromatic heterocycles. The third kappa shape index (κ3) is 5.36. The highest BCUT2D eigenvalue weighted by Crippen LogP contribution is 2.21. The molecule has 3 nitrogen and oxygen atoms in total. The molecule has 17 heavy (non-hydrogen) atoms. The van der Waals surface area contributed by atoms with Crippen LogP contribution in [0.1, 0.15) is 40.0 Å². The van der Waals surface area contributed by atoms with Crippen LogP contribution >= 0.6 is 0 Å². The SMILES string of the molecule is CC1CN(C)CCC1NCCCC(C)(C)CO. The van der Waals surface area contributed by atoms with Gasteiger partial charge in [0.05, 0.1) is 0 Å². The van der Waals surface area contributed by atoms with Crippen LogP contribution in [0, 0.1) is 11.3 Å². The predicted molar refractivity (Wildman–Crippen MR) is 73.2 cm³/mol. The second-order valence-electron chi connectivity index (χ2n) is 6.51. The highest BCUT2D eigenvalue weighted by Gasteiger charge is 2.23. The van der Waals surface area contributed by atoms with E-state index in [1.165, 1.54) is 19.5 Å². The molecule has 1 heterocycles. The van der Waals surface area contributed by atoms with E-state index in [9.17, 15) is 5.11 Å². The van der Waals surface area contributed by atoms with Crippen LogP contribution in [-0.4, -0.2) is 49.3 Å². The molecule has 2 unspecified atom stereocenters. The first kappa shape index (κ1) is 14.9. The van der Waals surface area contributed by atoms with E-state index in [4.69, 9.17) is 0 Å². The van der Waals surface area contributed by atoms with Crippen molar-refractivity contribution in [1.29, 1.82) is 0 Å². The predicted octanol–water partition coefficient (Wildman–Crippen LogP) is 1.71. The first-order valence-corrected chi connectivity index (χ1v) is 6.97. The smallest absolute Gasteiger partial charge is 0.0482 e. The number of aliphatic hydroxyl groups excluding tert-OH is 1. The molecule has 1 aliphatic heterocycles. The molecule has 2 N–H and O–H groups in total. The average molecular weight is 242 g/mol. The standard InChI is InChI=1S/C14H30N2O/c1-12-10-16(4)9-6-13(12)15-8-5-7-14(2,3)11-17/h12-13,15,17H,5-11H2,1-4H3. The summed E-state index contributed by atoms with van der Waals surface area (Å²) in [5.74, 6) is 0.750. The highest BCUT2D eigenvalue weighted by molar-refractivity contribution is 4.81. The van der Waals surface area contributed by atoms with Gasteiger partial charge >= 0.3 is 0 Å². The second-order valence-corrected chi connectivity index (χ2v) is 6.51. The summed E-state index contributed by atoms with van der Waals surface area (Å²) < 4.78 is 0. The quantitative estimate of drug-likeness (QED) is 0.696. The normalized spacial score (nSPS) is 27.4. The molecule has 3 heteroatoms. The summed E-state index contributed by atoms with van der Waals surface area (Å²) in [5.41, 5.74) is 0.0834. The molecular weight excluding hydrogens is 212 g/mol. The van der Waals surface area contributed by atoms with Gasteiger partial charge in [-0.2, -0.15) is 0 Å². The van der Waals surface area contributed by atoms with E-state index in [1.54, 1.807) is 0 Å². The van der Waals surface area contributed by atoms with Gasteiger partial charge < -0.3 is 15.3 Å². The van der Waals surface area contributed by atoms with Gasteiger partial charge in [0.2, 0.25) is 0 Å².